The fraction of sp³-hybridized carbons (Fsp3) is 0.387. The Hall–Kier alpha value is -3.07. The second-order valence-corrected chi connectivity index (χ2v) is 10.3. The van der Waals surface area contributed by atoms with Crippen molar-refractivity contribution in [3.05, 3.63) is 95.1 Å². The summed E-state index contributed by atoms with van der Waals surface area (Å²) in [5, 5.41) is 22.3. The van der Waals surface area contributed by atoms with Crippen LogP contribution in [0, 0.1) is 0 Å². The molecular formula is C31H36N2O5. The van der Waals surface area contributed by atoms with E-state index in [1.807, 2.05) is 48.5 Å². The summed E-state index contributed by atoms with van der Waals surface area (Å²) in [6.07, 6.45) is 0.573. The van der Waals surface area contributed by atoms with Gasteiger partial charge in [-0.25, -0.2) is 0 Å². The minimum atomic E-state index is -0.510. The number of aliphatic hydroxyl groups excluding tert-OH is 2. The van der Waals surface area contributed by atoms with Gasteiger partial charge < -0.3 is 25.0 Å². The van der Waals surface area contributed by atoms with Crippen molar-refractivity contribution in [3.63, 3.8) is 0 Å². The van der Waals surface area contributed by atoms with Gasteiger partial charge in [0.25, 0.3) is 0 Å². The zero-order valence-electron chi connectivity index (χ0n) is 21.8. The van der Waals surface area contributed by atoms with E-state index in [0.29, 0.717) is 13.1 Å². The molecule has 3 aromatic rings. The van der Waals surface area contributed by atoms with Crippen molar-refractivity contribution in [2.45, 2.75) is 57.5 Å². The highest BCUT2D eigenvalue weighted by molar-refractivity contribution is 5.73. The highest BCUT2D eigenvalue weighted by Gasteiger charge is 2.34. The zero-order chi connectivity index (χ0) is 26.5. The van der Waals surface area contributed by atoms with Gasteiger partial charge in [0.05, 0.1) is 24.9 Å². The van der Waals surface area contributed by atoms with Crippen LogP contribution in [0.25, 0.3) is 11.1 Å². The van der Waals surface area contributed by atoms with Crippen LogP contribution in [0.3, 0.4) is 0 Å². The minimum absolute atomic E-state index is 0.0138. The molecule has 5 rings (SSSR count). The fourth-order valence-electron chi connectivity index (χ4n) is 5.22. The molecule has 4 unspecified atom stereocenters. The molecule has 2 fully saturated rings. The number of nitrogens with one attached hydrogen (secondary N) is 1. The Morgan fingerprint density at radius 1 is 0.974 bits per heavy atom. The number of rotatable bonds is 8. The van der Waals surface area contributed by atoms with Gasteiger partial charge in [0, 0.05) is 45.1 Å². The molecule has 3 N–H and O–H groups in total. The van der Waals surface area contributed by atoms with Gasteiger partial charge in [-0.05, 0) is 40.3 Å². The smallest absolute Gasteiger partial charge is 0.217 e. The first-order valence-corrected chi connectivity index (χ1v) is 13.3. The Bertz CT molecular complexity index is 1210. The minimum Gasteiger partial charge on any atom is -0.392 e. The van der Waals surface area contributed by atoms with Gasteiger partial charge in [-0.15, -0.1) is 0 Å². The first kappa shape index (κ1) is 26.5. The van der Waals surface area contributed by atoms with Crippen molar-refractivity contribution in [1.29, 1.82) is 0 Å². The number of ether oxygens (including phenoxy) is 2. The van der Waals surface area contributed by atoms with E-state index in [4.69, 9.17) is 9.47 Å². The lowest BCUT2D eigenvalue weighted by atomic mass is 9.99. The number of hydrogen-bond donors (Lipinski definition) is 3. The van der Waals surface area contributed by atoms with E-state index in [1.54, 1.807) is 0 Å². The van der Waals surface area contributed by atoms with Crippen LogP contribution in [0.1, 0.15) is 54.4 Å². The molecule has 2 aliphatic heterocycles. The molecule has 3 aromatic carbocycles. The molecule has 200 valence electrons. The molecule has 4 atom stereocenters. The number of carbonyl (C=O) groups excluding carboxylic acids is 1. The first-order chi connectivity index (χ1) is 18.5. The molecule has 0 aromatic heterocycles. The number of amides is 1. The van der Waals surface area contributed by atoms with E-state index < -0.39 is 6.29 Å². The highest BCUT2D eigenvalue weighted by atomic mass is 16.7. The normalized spacial score (nSPS) is 23.9. The quantitative estimate of drug-likeness (QED) is 0.418. The van der Waals surface area contributed by atoms with Crippen LogP contribution in [0.2, 0.25) is 0 Å². The average Bonchev–Trinajstić information content (AvgIpc) is 3.36. The third-order valence-electron chi connectivity index (χ3n) is 7.31. The van der Waals surface area contributed by atoms with E-state index in [1.165, 1.54) is 6.92 Å². The maximum absolute atomic E-state index is 11.3. The van der Waals surface area contributed by atoms with Crippen LogP contribution >= 0.6 is 0 Å². The van der Waals surface area contributed by atoms with Crippen LogP contribution in [-0.2, 0) is 27.4 Å². The molecule has 0 saturated carbocycles. The molecule has 2 heterocycles. The summed E-state index contributed by atoms with van der Waals surface area (Å²) in [7, 11) is 0. The zero-order valence-corrected chi connectivity index (χ0v) is 21.8. The van der Waals surface area contributed by atoms with Crippen molar-refractivity contribution < 1.29 is 24.5 Å². The Morgan fingerprint density at radius 2 is 1.74 bits per heavy atom. The predicted octanol–water partition coefficient (Wildman–Crippen LogP) is 4.09. The molecule has 2 aliphatic rings. The van der Waals surface area contributed by atoms with Crippen LogP contribution in [-0.4, -0.2) is 52.9 Å². The molecule has 7 heteroatoms. The van der Waals surface area contributed by atoms with Crippen molar-refractivity contribution in [1.82, 2.24) is 10.2 Å². The number of carbonyl (C=O) groups is 1. The lowest BCUT2D eigenvalue weighted by molar-refractivity contribution is -0.252. The summed E-state index contributed by atoms with van der Waals surface area (Å²) in [6, 6.07) is 24.3. The van der Waals surface area contributed by atoms with Gasteiger partial charge >= 0.3 is 0 Å². The van der Waals surface area contributed by atoms with Crippen LogP contribution in [0.5, 0.6) is 0 Å². The predicted molar refractivity (Wildman–Crippen MR) is 145 cm³/mol. The molecule has 0 bridgehead atoms. The number of benzene rings is 3. The van der Waals surface area contributed by atoms with Crippen molar-refractivity contribution >= 4 is 5.91 Å². The number of nitrogens with zero attached hydrogens (tertiary/aromatic N) is 1. The molecule has 0 radical (unpaired) electrons. The largest absolute Gasteiger partial charge is 0.392 e. The SMILES string of the molecule is CC(=O)NCc1cccc(-c2ccc(C3OC(CN4CCC(O)C4)CC(c4ccc(CO)cc4)O3)cc2)c1. The third-order valence-corrected chi connectivity index (χ3v) is 7.31. The monoisotopic (exact) mass is 516 g/mol. The van der Waals surface area contributed by atoms with Gasteiger partial charge in [0.1, 0.15) is 0 Å². The van der Waals surface area contributed by atoms with Gasteiger partial charge in [-0.2, -0.15) is 0 Å². The summed E-state index contributed by atoms with van der Waals surface area (Å²) in [4.78, 5) is 13.5. The number of hydrogen-bond acceptors (Lipinski definition) is 6. The Labute approximate surface area is 224 Å². The van der Waals surface area contributed by atoms with E-state index in [2.05, 4.69) is 34.5 Å². The van der Waals surface area contributed by atoms with Crippen molar-refractivity contribution in [2.24, 2.45) is 0 Å². The van der Waals surface area contributed by atoms with Crippen LogP contribution in [0.15, 0.2) is 72.8 Å². The molecule has 38 heavy (non-hydrogen) atoms. The highest BCUT2D eigenvalue weighted by Crippen LogP contribution is 2.39. The number of aliphatic hydroxyl groups is 2. The summed E-state index contributed by atoms with van der Waals surface area (Å²) in [6.45, 7) is 4.34. The lowest BCUT2D eigenvalue weighted by Gasteiger charge is -2.37. The number of likely N-dealkylation sites (tertiary alicyclic amines) is 1. The fourth-order valence-corrected chi connectivity index (χ4v) is 5.22. The molecular weight excluding hydrogens is 480 g/mol. The lowest BCUT2D eigenvalue weighted by Crippen LogP contribution is -2.38. The molecule has 1 amide bonds. The van der Waals surface area contributed by atoms with Crippen LogP contribution < -0.4 is 5.32 Å². The van der Waals surface area contributed by atoms with E-state index in [0.717, 1.165) is 59.3 Å². The summed E-state index contributed by atoms with van der Waals surface area (Å²) in [5.41, 5.74) is 6.09. The molecule has 0 aliphatic carbocycles. The van der Waals surface area contributed by atoms with Gasteiger partial charge in [-0.1, -0.05) is 66.7 Å². The first-order valence-electron chi connectivity index (χ1n) is 13.3. The van der Waals surface area contributed by atoms with E-state index in [-0.39, 0.29) is 30.8 Å². The summed E-state index contributed by atoms with van der Waals surface area (Å²) >= 11 is 0. The molecule has 7 nitrogen and oxygen atoms in total. The van der Waals surface area contributed by atoms with Crippen molar-refractivity contribution in [2.75, 3.05) is 19.6 Å². The standard InChI is InChI=1S/C31H36N2O5/c1-21(35)32-17-23-3-2-4-27(15-23)24-9-11-26(12-10-24)31-37-29(19-33-14-13-28(36)18-33)16-30(38-31)25-7-5-22(20-34)6-8-25/h2-12,15,28-31,34,36H,13-14,16-20H2,1H3,(H,32,35). The Morgan fingerprint density at radius 3 is 2.42 bits per heavy atom. The maximum atomic E-state index is 11.3. The van der Waals surface area contributed by atoms with E-state index in [9.17, 15) is 15.0 Å². The summed E-state index contributed by atoms with van der Waals surface area (Å²) < 4.78 is 12.9. The Balaban J connectivity index is 1.33. The van der Waals surface area contributed by atoms with E-state index >= 15 is 0 Å². The second-order valence-electron chi connectivity index (χ2n) is 10.3. The van der Waals surface area contributed by atoms with Crippen molar-refractivity contribution in [3.8, 4) is 11.1 Å². The Kier molecular flexibility index (Phi) is 8.51. The molecule has 2 saturated heterocycles. The topological polar surface area (TPSA) is 91.3 Å². The van der Waals surface area contributed by atoms with Gasteiger partial charge in [0.15, 0.2) is 6.29 Å². The van der Waals surface area contributed by atoms with Gasteiger partial charge in [-0.3, -0.25) is 9.69 Å². The molecule has 0 spiro atoms. The third kappa shape index (κ3) is 6.67. The maximum Gasteiger partial charge on any atom is 0.217 e. The average molecular weight is 517 g/mol. The summed E-state index contributed by atoms with van der Waals surface area (Å²) in [5.74, 6) is -0.0471. The van der Waals surface area contributed by atoms with Gasteiger partial charge in [0.2, 0.25) is 5.91 Å². The number of β-amino-alcohol motifs (C(OH)–C–C–N with tert-alkyl or cyclic N) is 1. The second kappa shape index (κ2) is 12.2. The van der Waals surface area contributed by atoms with Crippen LogP contribution in [0.4, 0.5) is 0 Å².